The molecule has 1 aliphatic heterocycles. The first-order valence-corrected chi connectivity index (χ1v) is 6.92. The summed E-state index contributed by atoms with van der Waals surface area (Å²) in [5.41, 5.74) is 0. The summed E-state index contributed by atoms with van der Waals surface area (Å²) < 4.78 is 6.14. The van der Waals surface area contributed by atoms with Crippen LogP contribution in [0.25, 0.3) is 0 Å². The van der Waals surface area contributed by atoms with Gasteiger partial charge < -0.3 is 4.74 Å². The average Bonchev–Trinajstić information content (AvgIpc) is 2.74. The zero-order valence-electron chi connectivity index (χ0n) is 9.98. The van der Waals surface area contributed by atoms with E-state index in [9.17, 15) is 4.79 Å². The molecule has 2 rings (SSSR count). The van der Waals surface area contributed by atoms with Gasteiger partial charge in [-0.1, -0.05) is 11.6 Å². The number of ether oxygens (including phenoxy) is 1. The lowest BCUT2D eigenvalue weighted by Crippen LogP contribution is -2.48. The number of ketones is 1. The van der Waals surface area contributed by atoms with Crippen molar-refractivity contribution in [3.8, 4) is 0 Å². The van der Waals surface area contributed by atoms with Gasteiger partial charge in [0.15, 0.2) is 5.78 Å². The van der Waals surface area contributed by atoms with Crippen molar-refractivity contribution in [3.05, 3.63) is 21.3 Å². The SMILES string of the molecule is CC1CN(C(C)C(=O)c2ccc(Cl)s2)CCO1. The number of nitrogens with zero attached hydrogens (tertiary/aromatic N) is 1. The Morgan fingerprint density at radius 2 is 2.41 bits per heavy atom. The predicted molar refractivity (Wildman–Crippen MR) is 70.1 cm³/mol. The number of Topliss-reactive ketones (excluding diaryl/α,β-unsaturated/α-hetero) is 1. The highest BCUT2D eigenvalue weighted by molar-refractivity contribution is 7.18. The van der Waals surface area contributed by atoms with Gasteiger partial charge in [0.1, 0.15) is 0 Å². The van der Waals surface area contributed by atoms with Crippen LogP contribution in [0.2, 0.25) is 4.34 Å². The number of hydrogen-bond acceptors (Lipinski definition) is 4. The minimum atomic E-state index is -0.101. The lowest BCUT2D eigenvalue weighted by molar-refractivity contribution is -0.0277. The molecule has 0 radical (unpaired) electrons. The topological polar surface area (TPSA) is 29.5 Å². The third-order valence-corrected chi connectivity index (χ3v) is 4.26. The number of thiophene rings is 1. The van der Waals surface area contributed by atoms with Gasteiger partial charge in [-0.3, -0.25) is 9.69 Å². The fourth-order valence-electron chi connectivity index (χ4n) is 2.02. The summed E-state index contributed by atoms with van der Waals surface area (Å²) in [5.74, 6) is 0.149. The zero-order chi connectivity index (χ0) is 12.4. The van der Waals surface area contributed by atoms with E-state index >= 15 is 0 Å². The van der Waals surface area contributed by atoms with Crippen LogP contribution >= 0.6 is 22.9 Å². The molecular formula is C12H16ClNO2S. The van der Waals surface area contributed by atoms with Crippen LogP contribution in [0.3, 0.4) is 0 Å². The van der Waals surface area contributed by atoms with E-state index in [-0.39, 0.29) is 17.9 Å². The van der Waals surface area contributed by atoms with Crippen LogP contribution in [0.1, 0.15) is 23.5 Å². The molecule has 2 unspecified atom stereocenters. The average molecular weight is 274 g/mol. The van der Waals surface area contributed by atoms with E-state index in [0.717, 1.165) is 18.0 Å². The molecule has 0 saturated carbocycles. The van der Waals surface area contributed by atoms with Crippen LogP contribution in [0.4, 0.5) is 0 Å². The van der Waals surface area contributed by atoms with Crippen molar-refractivity contribution < 1.29 is 9.53 Å². The Balaban J connectivity index is 2.04. The quantitative estimate of drug-likeness (QED) is 0.793. The summed E-state index contributed by atoms with van der Waals surface area (Å²) in [5, 5.41) is 0. The van der Waals surface area contributed by atoms with Crippen molar-refractivity contribution in [1.29, 1.82) is 0 Å². The standard InChI is InChI=1S/C12H16ClNO2S/c1-8-7-14(5-6-16-8)9(2)12(15)10-3-4-11(13)17-10/h3-4,8-9H,5-7H2,1-2H3. The Bertz CT molecular complexity index is 407. The second-order valence-corrected chi connectivity index (χ2v) is 6.04. The summed E-state index contributed by atoms with van der Waals surface area (Å²) in [7, 11) is 0. The van der Waals surface area contributed by atoms with E-state index in [4.69, 9.17) is 16.3 Å². The molecule has 0 spiro atoms. The number of carbonyl (C=O) groups excluding carboxylic acids is 1. The minimum absolute atomic E-state index is 0.101. The first-order valence-electron chi connectivity index (χ1n) is 5.73. The predicted octanol–water partition coefficient (Wildman–Crippen LogP) is 2.69. The minimum Gasteiger partial charge on any atom is -0.376 e. The summed E-state index contributed by atoms with van der Waals surface area (Å²) in [6.07, 6.45) is 0.200. The molecule has 3 nitrogen and oxygen atoms in total. The lowest BCUT2D eigenvalue weighted by Gasteiger charge is -2.34. The number of carbonyl (C=O) groups is 1. The normalized spacial score (nSPS) is 23.6. The van der Waals surface area contributed by atoms with Gasteiger partial charge in [0, 0.05) is 13.1 Å². The summed E-state index contributed by atoms with van der Waals surface area (Å²) in [4.78, 5) is 15.1. The van der Waals surface area contributed by atoms with Crippen LogP contribution in [0.15, 0.2) is 12.1 Å². The molecule has 1 saturated heterocycles. The first-order chi connectivity index (χ1) is 8.08. The smallest absolute Gasteiger partial charge is 0.189 e. The molecule has 94 valence electrons. The van der Waals surface area contributed by atoms with Gasteiger partial charge in [0.2, 0.25) is 0 Å². The second kappa shape index (κ2) is 5.48. The van der Waals surface area contributed by atoms with Crippen LogP contribution in [0, 0.1) is 0 Å². The highest BCUT2D eigenvalue weighted by Crippen LogP contribution is 2.24. The van der Waals surface area contributed by atoms with Crippen LogP contribution in [-0.2, 0) is 4.74 Å². The maximum absolute atomic E-state index is 12.2. The Labute approximate surface area is 110 Å². The molecule has 1 aromatic heterocycles. The fourth-order valence-corrected chi connectivity index (χ4v) is 3.08. The van der Waals surface area contributed by atoms with Gasteiger partial charge in [0.05, 0.1) is 28.0 Å². The molecular weight excluding hydrogens is 258 g/mol. The van der Waals surface area contributed by atoms with Gasteiger partial charge in [-0.05, 0) is 26.0 Å². The van der Waals surface area contributed by atoms with Crippen LogP contribution in [0.5, 0.6) is 0 Å². The molecule has 2 atom stereocenters. The molecule has 17 heavy (non-hydrogen) atoms. The number of halogens is 1. The van der Waals surface area contributed by atoms with E-state index < -0.39 is 0 Å². The Kier molecular flexibility index (Phi) is 4.20. The Hall–Kier alpha value is -0.420. The molecule has 1 fully saturated rings. The molecule has 2 heterocycles. The van der Waals surface area contributed by atoms with Crippen molar-refractivity contribution in [1.82, 2.24) is 4.90 Å². The summed E-state index contributed by atoms with van der Waals surface area (Å²) in [6, 6.07) is 3.47. The van der Waals surface area contributed by atoms with Crippen LogP contribution < -0.4 is 0 Å². The molecule has 0 aromatic carbocycles. The van der Waals surface area contributed by atoms with Gasteiger partial charge in [-0.15, -0.1) is 11.3 Å². The van der Waals surface area contributed by atoms with Crippen molar-refractivity contribution in [2.24, 2.45) is 0 Å². The third kappa shape index (κ3) is 3.07. The first kappa shape index (κ1) is 13.0. The molecule has 0 N–H and O–H groups in total. The highest BCUT2D eigenvalue weighted by Gasteiger charge is 2.27. The third-order valence-electron chi connectivity index (χ3n) is 3.02. The number of morpholine rings is 1. The van der Waals surface area contributed by atoms with E-state index in [1.165, 1.54) is 11.3 Å². The molecule has 0 bridgehead atoms. The maximum atomic E-state index is 12.2. The highest BCUT2D eigenvalue weighted by atomic mass is 35.5. The van der Waals surface area contributed by atoms with Crippen molar-refractivity contribution >= 4 is 28.7 Å². The lowest BCUT2D eigenvalue weighted by atomic mass is 10.1. The zero-order valence-corrected chi connectivity index (χ0v) is 11.6. The molecule has 1 aromatic rings. The summed E-state index contributed by atoms with van der Waals surface area (Å²) >= 11 is 7.20. The molecule has 0 aliphatic carbocycles. The largest absolute Gasteiger partial charge is 0.376 e. The molecule has 1 aliphatic rings. The van der Waals surface area contributed by atoms with Crippen molar-refractivity contribution in [2.45, 2.75) is 26.0 Å². The monoisotopic (exact) mass is 273 g/mol. The maximum Gasteiger partial charge on any atom is 0.189 e. The Morgan fingerprint density at radius 1 is 1.65 bits per heavy atom. The second-order valence-electron chi connectivity index (χ2n) is 4.32. The fraction of sp³-hybridized carbons (Fsp3) is 0.583. The summed E-state index contributed by atoms with van der Waals surface area (Å²) in [6.45, 7) is 6.31. The molecule has 5 heteroatoms. The van der Waals surface area contributed by atoms with Gasteiger partial charge in [-0.2, -0.15) is 0 Å². The van der Waals surface area contributed by atoms with Crippen molar-refractivity contribution in [3.63, 3.8) is 0 Å². The van der Waals surface area contributed by atoms with Gasteiger partial charge in [0.25, 0.3) is 0 Å². The van der Waals surface area contributed by atoms with Crippen LogP contribution in [-0.4, -0.2) is 42.5 Å². The van der Waals surface area contributed by atoms with Crippen molar-refractivity contribution in [2.75, 3.05) is 19.7 Å². The van der Waals surface area contributed by atoms with E-state index in [2.05, 4.69) is 4.90 Å². The van der Waals surface area contributed by atoms with Gasteiger partial charge in [-0.25, -0.2) is 0 Å². The van der Waals surface area contributed by atoms with E-state index in [1.807, 2.05) is 13.8 Å². The van der Waals surface area contributed by atoms with E-state index in [0.29, 0.717) is 10.9 Å². The Morgan fingerprint density at radius 3 is 3.00 bits per heavy atom. The van der Waals surface area contributed by atoms with E-state index in [1.54, 1.807) is 12.1 Å². The van der Waals surface area contributed by atoms with Gasteiger partial charge >= 0.3 is 0 Å². The number of rotatable bonds is 3. The number of hydrogen-bond donors (Lipinski definition) is 0. The molecule has 0 amide bonds.